The number of carbonyl (C=O) groups excluding carboxylic acids is 1. The lowest BCUT2D eigenvalue weighted by Gasteiger charge is -2.19. The van der Waals surface area contributed by atoms with Crippen LogP contribution in [-0.4, -0.2) is 42.5 Å². The van der Waals surface area contributed by atoms with E-state index in [-0.39, 0.29) is 17.7 Å². The highest BCUT2D eigenvalue weighted by molar-refractivity contribution is 7.99. The van der Waals surface area contributed by atoms with Crippen molar-refractivity contribution in [2.24, 2.45) is 5.10 Å². The van der Waals surface area contributed by atoms with Gasteiger partial charge in [-0.3, -0.25) is 14.9 Å². The molecule has 1 N–H and O–H groups in total. The number of hydrogen-bond acceptors (Lipinski definition) is 7. The summed E-state index contributed by atoms with van der Waals surface area (Å²) in [5.41, 5.74) is 3.93. The van der Waals surface area contributed by atoms with Gasteiger partial charge >= 0.3 is 0 Å². The molecule has 160 valence electrons. The first-order valence-electron chi connectivity index (χ1n) is 10.1. The lowest BCUT2D eigenvalue weighted by Crippen LogP contribution is -2.28. The van der Waals surface area contributed by atoms with Crippen LogP contribution in [0.3, 0.4) is 0 Å². The molecule has 5 rings (SSSR count). The molecule has 0 spiro atoms. The Labute approximate surface area is 188 Å². The molecule has 0 aliphatic carbocycles. The molecule has 32 heavy (non-hydrogen) atoms. The standard InChI is InChI=1S/C23H20N6O2S/c1-15-4-6-16(7-5-15)18-13-19(20-3-2-12-31-20)29(28-18)21(30)14-32-23-25-22(26-27-23)17-8-10-24-11-9-17/h2-12,19H,13-14H2,1H3,(H,25,26,27)/t19-/m1/s1. The molecule has 0 fully saturated rings. The largest absolute Gasteiger partial charge is 0.467 e. The first-order valence-corrected chi connectivity index (χ1v) is 11.1. The fraction of sp³-hybridized carbons (Fsp3) is 0.174. The number of furan rings is 1. The van der Waals surface area contributed by atoms with E-state index < -0.39 is 0 Å². The minimum atomic E-state index is -0.270. The van der Waals surface area contributed by atoms with Crippen molar-refractivity contribution in [2.45, 2.75) is 24.5 Å². The molecule has 3 aromatic heterocycles. The van der Waals surface area contributed by atoms with E-state index in [0.29, 0.717) is 23.2 Å². The highest BCUT2D eigenvalue weighted by Crippen LogP contribution is 2.34. The molecule has 4 heterocycles. The zero-order valence-corrected chi connectivity index (χ0v) is 18.1. The lowest BCUT2D eigenvalue weighted by molar-refractivity contribution is -0.130. The van der Waals surface area contributed by atoms with E-state index in [1.54, 1.807) is 18.7 Å². The second-order valence-corrected chi connectivity index (χ2v) is 8.32. The van der Waals surface area contributed by atoms with Crippen molar-refractivity contribution in [2.75, 3.05) is 5.75 Å². The first-order chi connectivity index (χ1) is 15.7. The third-order valence-electron chi connectivity index (χ3n) is 5.17. The summed E-state index contributed by atoms with van der Waals surface area (Å²) in [4.78, 5) is 21.6. The molecule has 8 nitrogen and oxygen atoms in total. The molecule has 0 unspecified atom stereocenters. The predicted molar refractivity (Wildman–Crippen MR) is 121 cm³/mol. The minimum Gasteiger partial charge on any atom is -0.467 e. The Bertz CT molecular complexity index is 1240. The summed E-state index contributed by atoms with van der Waals surface area (Å²) in [6.45, 7) is 2.04. The van der Waals surface area contributed by atoms with E-state index in [1.807, 2.05) is 55.5 Å². The third-order valence-corrected chi connectivity index (χ3v) is 6.00. The van der Waals surface area contributed by atoms with Crippen molar-refractivity contribution < 1.29 is 9.21 Å². The van der Waals surface area contributed by atoms with Crippen LogP contribution in [0.4, 0.5) is 0 Å². The first kappa shape index (κ1) is 20.2. The summed E-state index contributed by atoms with van der Waals surface area (Å²) in [5, 5.41) is 13.8. The Kier molecular flexibility index (Phi) is 5.55. The van der Waals surface area contributed by atoms with Crippen molar-refractivity contribution in [1.82, 2.24) is 25.2 Å². The van der Waals surface area contributed by atoms with Crippen LogP contribution < -0.4 is 0 Å². The highest BCUT2D eigenvalue weighted by atomic mass is 32.2. The number of aromatic amines is 1. The number of hydrogen-bond donors (Lipinski definition) is 1. The molecule has 0 radical (unpaired) electrons. The van der Waals surface area contributed by atoms with Crippen LogP contribution in [-0.2, 0) is 4.79 Å². The average Bonchev–Trinajstić information content (AvgIpc) is 3.59. The van der Waals surface area contributed by atoms with E-state index in [9.17, 15) is 4.79 Å². The van der Waals surface area contributed by atoms with Crippen molar-refractivity contribution >= 4 is 23.4 Å². The van der Waals surface area contributed by atoms with Crippen LogP contribution in [0.1, 0.15) is 29.3 Å². The van der Waals surface area contributed by atoms with Crippen LogP contribution in [0.2, 0.25) is 0 Å². The van der Waals surface area contributed by atoms with E-state index >= 15 is 0 Å². The van der Waals surface area contributed by atoms with Crippen molar-refractivity contribution in [3.8, 4) is 11.4 Å². The summed E-state index contributed by atoms with van der Waals surface area (Å²) in [5.74, 6) is 1.38. The van der Waals surface area contributed by atoms with Gasteiger partial charge in [-0.2, -0.15) is 5.10 Å². The van der Waals surface area contributed by atoms with Gasteiger partial charge in [0.25, 0.3) is 5.91 Å². The number of hydrazone groups is 1. The number of aryl methyl sites for hydroxylation is 1. The normalized spacial score (nSPS) is 15.7. The van der Waals surface area contributed by atoms with E-state index in [4.69, 9.17) is 4.42 Å². The fourth-order valence-corrected chi connectivity index (χ4v) is 4.16. The molecule has 1 aliphatic heterocycles. The van der Waals surface area contributed by atoms with Gasteiger partial charge in [-0.15, -0.1) is 5.10 Å². The smallest absolute Gasteiger partial charge is 0.253 e. The van der Waals surface area contributed by atoms with Crippen LogP contribution in [0.5, 0.6) is 0 Å². The zero-order valence-electron chi connectivity index (χ0n) is 17.3. The Morgan fingerprint density at radius 2 is 1.97 bits per heavy atom. The molecule has 0 saturated heterocycles. The number of aromatic nitrogens is 4. The van der Waals surface area contributed by atoms with Gasteiger partial charge in [0.1, 0.15) is 11.8 Å². The zero-order chi connectivity index (χ0) is 21.9. The van der Waals surface area contributed by atoms with Gasteiger partial charge in [0.05, 0.1) is 17.7 Å². The minimum absolute atomic E-state index is 0.131. The number of carbonyl (C=O) groups is 1. The van der Waals surface area contributed by atoms with Crippen LogP contribution in [0.25, 0.3) is 11.4 Å². The topological polar surface area (TPSA) is 100 Å². The third kappa shape index (κ3) is 4.19. The molecular formula is C23H20N6O2S. The molecule has 1 atom stereocenters. The monoisotopic (exact) mass is 444 g/mol. The molecule has 9 heteroatoms. The average molecular weight is 445 g/mol. The van der Waals surface area contributed by atoms with Crippen LogP contribution in [0, 0.1) is 6.92 Å². The van der Waals surface area contributed by atoms with Gasteiger partial charge in [0, 0.05) is 24.4 Å². The summed E-state index contributed by atoms with van der Waals surface area (Å²) < 4.78 is 5.61. The van der Waals surface area contributed by atoms with Crippen LogP contribution in [0.15, 0.2) is 81.9 Å². The molecule has 4 aromatic rings. The number of H-pyrrole nitrogens is 1. The van der Waals surface area contributed by atoms with E-state index in [2.05, 4.69) is 25.3 Å². The molecule has 1 amide bonds. The van der Waals surface area contributed by atoms with Crippen molar-refractivity contribution in [3.63, 3.8) is 0 Å². The van der Waals surface area contributed by atoms with Gasteiger partial charge in [0.15, 0.2) is 5.82 Å². The van der Waals surface area contributed by atoms with Crippen LogP contribution >= 0.6 is 11.8 Å². The maximum Gasteiger partial charge on any atom is 0.253 e. The number of nitrogens with one attached hydrogen (secondary N) is 1. The van der Waals surface area contributed by atoms with Gasteiger partial charge in [-0.1, -0.05) is 41.6 Å². The Hall–Kier alpha value is -3.72. The maximum atomic E-state index is 13.1. The Morgan fingerprint density at radius 1 is 1.16 bits per heavy atom. The van der Waals surface area contributed by atoms with Gasteiger partial charge in [-0.25, -0.2) is 9.99 Å². The predicted octanol–water partition coefficient (Wildman–Crippen LogP) is 4.24. The second kappa shape index (κ2) is 8.80. The number of thioether (sulfide) groups is 1. The highest BCUT2D eigenvalue weighted by Gasteiger charge is 2.34. The number of amides is 1. The summed E-state index contributed by atoms with van der Waals surface area (Å²) in [6.07, 6.45) is 5.60. The molecule has 1 aromatic carbocycles. The number of pyridine rings is 1. The van der Waals surface area contributed by atoms with E-state index in [0.717, 1.165) is 16.8 Å². The fourth-order valence-electron chi connectivity index (χ4n) is 3.51. The number of benzene rings is 1. The number of nitrogens with zero attached hydrogens (tertiary/aromatic N) is 5. The molecular weight excluding hydrogens is 424 g/mol. The van der Waals surface area contributed by atoms with Gasteiger partial charge in [-0.05, 0) is 36.8 Å². The second-order valence-electron chi connectivity index (χ2n) is 7.38. The number of rotatable bonds is 6. The van der Waals surface area contributed by atoms with Gasteiger partial charge in [0.2, 0.25) is 5.16 Å². The van der Waals surface area contributed by atoms with E-state index in [1.165, 1.54) is 22.3 Å². The Balaban J connectivity index is 1.32. The lowest BCUT2D eigenvalue weighted by atomic mass is 10.0. The van der Waals surface area contributed by atoms with Gasteiger partial charge < -0.3 is 4.42 Å². The SMILES string of the molecule is Cc1ccc(C2=NN(C(=O)CSc3n[nH]c(-c4ccncc4)n3)[C@@H](c3ccco3)C2)cc1. The molecule has 0 bridgehead atoms. The molecule has 0 saturated carbocycles. The summed E-state index contributed by atoms with van der Waals surface area (Å²) in [6, 6.07) is 15.3. The summed E-state index contributed by atoms with van der Waals surface area (Å²) in [7, 11) is 0. The van der Waals surface area contributed by atoms with Crippen molar-refractivity contribution in [1.29, 1.82) is 0 Å². The summed E-state index contributed by atoms with van der Waals surface area (Å²) >= 11 is 1.27. The van der Waals surface area contributed by atoms with Crippen molar-refractivity contribution in [3.05, 3.63) is 84.1 Å². The maximum absolute atomic E-state index is 13.1. The molecule has 1 aliphatic rings. The quantitative estimate of drug-likeness (QED) is 0.447. The Morgan fingerprint density at radius 3 is 2.72 bits per heavy atom.